The summed E-state index contributed by atoms with van der Waals surface area (Å²) in [6.07, 6.45) is 1.41. The van der Waals surface area contributed by atoms with Crippen LogP contribution in [0.15, 0.2) is 78.4 Å². The number of carboxylic acid groups (broad SMARTS) is 1. The Bertz CT molecular complexity index is 1330. The highest BCUT2D eigenvalue weighted by molar-refractivity contribution is 6.39. The first-order valence-electron chi connectivity index (χ1n) is 10.4. The van der Waals surface area contributed by atoms with Crippen molar-refractivity contribution in [2.24, 2.45) is 0 Å². The number of amides is 4. The fourth-order valence-corrected chi connectivity index (χ4v) is 3.48. The van der Waals surface area contributed by atoms with Gasteiger partial charge in [-0.15, -0.1) is 0 Å². The molecule has 0 atom stereocenters. The molecule has 0 spiro atoms. The van der Waals surface area contributed by atoms with Crippen LogP contribution in [-0.4, -0.2) is 28.9 Å². The first-order chi connectivity index (χ1) is 16.3. The minimum atomic E-state index is -1.01. The van der Waals surface area contributed by atoms with Crippen LogP contribution in [0.1, 0.15) is 27.0 Å². The average molecular weight is 456 g/mol. The molecule has 0 aromatic heterocycles. The molecule has 8 heteroatoms. The first kappa shape index (κ1) is 22.5. The molecule has 1 aliphatic heterocycles. The third kappa shape index (κ3) is 4.71. The van der Waals surface area contributed by atoms with Crippen molar-refractivity contribution in [1.29, 1.82) is 0 Å². The summed E-state index contributed by atoms with van der Waals surface area (Å²) in [5.41, 5.74) is 2.40. The van der Waals surface area contributed by atoms with E-state index >= 15 is 0 Å². The van der Waals surface area contributed by atoms with E-state index in [1.54, 1.807) is 67.6 Å². The molecular weight excluding hydrogens is 436 g/mol. The van der Waals surface area contributed by atoms with Gasteiger partial charge in [-0.3, -0.25) is 14.9 Å². The molecular formula is C26H20N2O6. The Labute approximate surface area is 195 Å². The van der Waals surface area contributed by atoms with Gasteiger partial charge in [-0.05, 0) is 60.0 Å². The molecule has 8 nitrogen and oxygen atoms in total. The number of hydrogen-bond acceptors (Lipinski definition) is 5. The number of aromatic carboxylic acids is 1. The number of hydrogen-bond donors (Lipinski definition) is 2. The number of benzene rings is 3. The largest absolute Gasteiger partial charge is 0.489 e. The summed E-state index contributed by atoms with van der Waals surface area (Å²) in [4.78, 5) is 49.8. The number of carbonyl (C=O) groups is 4. The van der Waals surface area contributed by atoms with E-state index in [0.717, 1.165) is 10.5 Å². The van der Waals surface area contributed by atoms with Crippen LogP contribution < -0.4 is 15.0 Å². The van der Waals surface area contributed by atoms with Gasteiger partial charge in [-0.25, -0.2) is 14.5 Å². The lowest BCUT2D eigenvalue weighted by atomic mass is 10.1. The van der Waals surface area contributed by atoms with Crippen LogP contribution in [0.4, 0.5) is 10.5 Å². The van der Waals surface area contributed by atoms with Crippen molar-refractivity contribution in [3.8, 4) is 5.75 Å². The molecule has 0 saturated carbocycles. The van der Waals surface area contributed by atoms with Crippen molar-refractivity contribution in [2.45, 2.75) is 13.5 Å². The Morgan fingerprint density at radius 2 is 1.74 bits per heavy atom. The SMILES string of the molecule is Cc1ccccc1N1C(=O)NC(=O)/C(=C\c2ccc(OCc3cccc(C(=O)O)c3)cc2)C1=O. The normalized spacial score (nSPS) is 14.8. The van der Waals surface area contributed by atoms with Gasteiger partial charge in [0.05, 0.1) is 11.3 Å². The van der Waals surface area contributed by atoms with Crippen LogP contribution in [0, 0.1) is 6.92 Å². The Balaban J connectivity index is 1.51. The topological polar surface area (TPSA) is 113 Å². The van der Waals surface area contributed by atoms with Gasteiger partial charge in [0.25, 0.3) is 11.8 Å². The molecule has 170 valence electrons. The van der Waals surface area contributed by atoms with Gasteiger partial charge < -0.3 is 9.84 Å². The Morgan fingerprint density at radius 1 is 1.00 bits per heavy atom. The third-order valence-electron chi connectivity index (χ3n) is 5.23. The Hall–Kier alpha value is -4.72. The summed E-state index contributed by atoms with van der Waals surface area (Å²) < 4.78 is 5.70. The number of nitrogens with zero attached hydrogens (tertiary/aromatic N) is 1. The van der Waals surface area contributed by atoms with Crippen LogP contribution in [-0.2, 0) is 16.2 Å². The zero-order valence-corrected chi connectivity index (χ0v) is 18.1. The summed E-state index contributed by atoms with van der Waals surface area (Å²) >= 11 is 0. The second-order valence-corrected chi connectivity index (χ2v) is 7.61. The van der Waals surface area contributed by atoms with Crippen molar-refractivity contribution in [3.05, 3.63) is 101 Å². The van der Waals surface area contributed by atoms with Gasteiger partial charge in [0.2, 0.25) is 0 Å². The van der Waals surface area contributed by atoms with Crippen LogP contribution >= 0.6 is 0 Å². The summed E-state index contributed by atoms with van der Waals surface area (Å²) in [6.45, 7) is 1.95. The van der Waals surface area contributed by atoms with Gasteiger partial charge >= 0.3 is 12.0 Å². The molecule has 3 aromatic rings. The highest BCUT2D eigenvalue weighted by Gasteiger charge is 2.37. The maximum Gasteiger partial charge on any atom is 0.335 e. The van der Waals surface area contributed by atoms with Crippen LogP contribution in [0.3, 0.4) is 0 Å². The summed E-state index contributed by atoms with van der Waals surface area (Å²) in [5, 5.41) is 11.3. The van der Waals surface area contributed by atoms with Gasteiger partial charge in [0, 0.05) is 0 Å². The number of carboxylic acids is 1. The smallest absolute Gasteiger partial charge is 0.335 e. The van der Waals surface area contributed by atoms with E-state index < -0.39 is 23.8 Å². The Kier molecular flexibility index (Phi) is 6.22. The third-order valence-corrected chi connectivity index (χ3v) is 5.23. The maximum absolute atomic E-state index is 13.0. The maximum atomic E-state index is 13.0. The van der Waals surface area contributed by atoms with Crippen molar-refractivity contribution < 1.29 is 29.0 Å². The van der Waals surface area contributed by atoms with Gasteiger partial charge in [-0.1, -0.05) is 42.5 Å². The predicted octanol–water partition coefficient (Wildman–Crippen LogP) is 3.94. The van der Waals surface area contributed by atoms with Gasteiger partial charge in [0.1, 0.15) is 17.9 Å². The van der Waals surface area contributed by atoms with Crippen molar-refractivity contribution in [1.82, 2.24) is 5.32 Å². The van der Waals surface area contributed by atoms with Crippen LogP contribution in [0.5, 0.6) is 5.75 Å². The zero-order valence-electron chi connectivity index (χ0n) is 18.1. The lowest BCUT2D eigenvalue weighted by Gasteiger charge is -2.27. The molecule has 1 heterocycles. The number of anilines is 1. The molecule has 1 saturated heterocycles. The van der Waals surface area contributed by atoms with E-state index in [4.69, 9.17) is 9.84 Å². The quantitative estimate of drug-likeness (QED) is 0.429. The standard InChI is InChI=1S/C26H20N2O6/c1-16-5-2-3-8-22(16)28-24(30)21(23(29)27-26(28)33)14-17-9-11-20(12-10-17)34-15-18-6-4-7-19(13-18)25(31)32/h2-14H,15H2,1H3,(H,31,32)(H,27,29,33)/b21-14+. The average Bonchev–Trinajstić information content (AvgIpc) is 2.82. The van der Waals surface area contributed by atoms with Crippen molar-refractivity contribution in [3.63, 3.8) is 0 Å². The highest BCUT2D eigenvalue weighted by atomic mass is 16.5. The number of rotatable bonds is 6. The summed E-state index contributed by atoms with van der Waals surface area (Å²) in [7, 11) is 0. The predicted molar refractivity (Wildman–Crippen MR) is 124 cm³/mol. The molecule has 34 heavy (non-hydrogen) atoms. The lowest BCUT2D eigenvalue weighted by Crippen LogP contribution is -2.54. The van der Waals surface area contributed by atoms with E-state index in [2.05, 4.69) is 5.32 Å². The van der Waals surface area contributed by atoms with E-state index in [9.17, 15) is 19.2 Å². The molecule has 0 aliphatic carbocycles. The van der Waals surface area contributed by atoms with Gasteiger partial charge in [-0.2, -0.15) is 0 Å². The number of para-hydroxylation sites is 1. The molecule has 2 N–H and O–H groups in total. The molecule has 0 bridgehead atoms. The fraction of sp³-hybridized carbons (Fsp3) is 0.0769. The molecule has 3 aromatic carbocycles. The number of imide groups is 2. The van der Waals surface area contributed by atoms with Crippen LogP contribution in [0.25, 0.3) is 6.08 Å². The van der Waals surface area contributed by atoms with Crippen molar-refractivity contribution in [2.75, 3.05) is 4.90 Å². The number of aryl methyl sites for hydroxylation is 1. The van der Waals surface area contributed by atoms with E-state index in [1.807, 2.05) is 0 Å². The number of barbiturate groups is 1. The molecule has 1 fully saturated rings. The zero-order chi connectivity index (χ0) is 24.2. The molecule has 0 radical (unpaired) electrons. The second kappa shape index (κ2) is 9.41. The summed E-state index contributed by atoms with van der Waals surface area (Å²) in [5.74, 6) is -1.96. The minimum absolute atomic E-state index is 0.165. The number of ether oxygens (including phenoxy) is 1. The minimum Gasteiger partial charge on any atom is -0.489 e. The molecule has 4 rings (SSSR count). The lowest BCUT2D eigenvalue weighted by molar-refractivity contribution is -0.122. The second-order valence-electron chi connectivity index (χ2n) is 7.61. The van der Waals surface area contributed by atoms with E-state index in [0.29, 0.717) is 22.6 Å². The summed E-state index contributed by atoms with van der Waals surface area (Å²) in [6, 6.07) is 19.2. The monoisotopic (exact) mass is 456 g/mol. The van der Waals surface area contributed by atoms with Crippen LogP contribution in [0.2, 0.25) is 0 Å². The fourth-order valence-electron chi connectivity index (χ4n) is 3.48. The van der Waals surface area contributed by atoms with E-state index in [-0.39, 0.29) is 17.7 Å². The van der Waals surface area contributed by atoms with E-state index in [1.165, 1.54) is 18.2 Å². The Morgan fingerprint density at radius 3 is 2.44 bits per heavy atom. The number of carbonyl (C=O) groups excluding carboxylic acids is 3. The number of nitrogens with one attached hydrogen (secondary N) is 1. The molecule has 1 aliphatic rings. The molecule has 0 unspecified atom stereocenters. The first-order valence-corrected chi connectivity index (χ1v) is 10.4. The van der Waals surface area contributed by atoms with Crippen molar-refractivity contribution >= 4 is 35.6 Å². The molecule has 4 amide bonds. The van der Waals surface area contributed by atoms with Gasteiger partial charge in [0.15, 0.2) is 0 Å². The number of urea groups is 1. The highest BCUT2D eigenvalue weighted by Crippen LogP contribution is 2.25.